The molecule has 1 aromatic heterocycles. The Balaban J connectivity index is 1.91. The molecular formula is C16H19FN2S. The summed E-state index contributed by atoms with van der Waals surface area (Å²) >= 11 is 1.60. The van der Waals surface area contributed by atoms with Gasteiger partial charge in [0.25, 0.3) is 0 Å². The second-order valence-corrected chi connectivity index (χ2v) is 6.58. The number of rotatable bonds is 2. The topological polar surface area (TPSA) is 38.9 Å². The van der Waals surface area contributed by atoms with E-state index in [4.69, 9.17) is 5.73 Å². The van der Waals surface area contributed by atoms with Gasteiger partial charge < -0.3 is 5.73 Å². The molecule has 0 spiro atoms. The summed E-state index contributed by atoms with van der Waals surface area (Å²) in [6.45, 7) is 1.77. The molecule has 2 N–H and O–H groups in total. The van der Waals surface area contributed by atoms with Gasteiger partial charge in [0, 0.05) is 10.9 Å². The third-order valence-electron chi connectivity index (χ3n) is 4.14. The van der Waals surface area contributed by atoms with Crippen molar-refractivity contribution in [2.24, 2.45) is 5.73 Å². The zero-order chi connectivity index (χ0) is 14.2. The second kappa shape index (κ2) is 5.26. The molecule has 1 aliphatic carbocycles. The molecule has 0 amide bonds. The van der Waals surface area contributed by atoms with Gasteiger partial charge in [-0.25, -0.2) is 9.37 Å². The SMILES string of the molecule is Cc1ccc(-c2csc(C3(N)CCCCC3)n2)cc1F. The van der Waals surface area contributed by atoms with Gasteiger partial charge in [0.15, 0.2) is 0 Å². The van der Waals surface area contributed by atoms with Crippen LogP contribution in [0.5, 0.6) is 0 Å². The number of thiazole rings is 1. The van der Waals surface area contributed by atoms with Gasteiger partial charge in [-0.2, -0.15) is 0 Å². The molecule has 1 saturated carbocycles. The van der Waals surface area contributed by atoms with Gasteiger partial charge in [-0.3, -0.25) is 0 Å². The maximum Gasteiger partial charge on any atom is 0.126 e. The van der Waals surface area contributed by atoms with E-state index >= 15 is 0 Å². The standard InChI is InChI=1S/C16H19FN2S/c1-11-5-6-12(9-13(11)17)14-10-20-15(19-14)16(18)7-3-2-4-8-16/h5-6,9-10H,2-4,7-8,18H2,1H3. The molecule has 0 atom stereocenters. The van der Waals surface area contributed by atoms with Gasteiger partial charge in [0.05, 0.1) is 11.2 Å². The number of hydrogen-bond donors (Lipinski definition) is 1. The normalized spacial score (nSPS) is 18.1. The molecule has 2 nitrogen and oxygen atoms in total. The molecule has 0 aliphatic heterocycles. The van der Waals surface area contributed by atoms with Crippen LogP contribution in [0.25, 0.3) is 11.3 Å². The highest BCUT2D eigenvalue weighted by Gasteiger charge is 2.32. The van der Waals surface area contributed by atoms with E-state index in [9.17, 15) is 4.39 Å². The van der Waals surface area contributed by atoms with Crippen LogP contribution in [0.15, 0.2) is 23.6 Å². The van der Waals surface area contributed by atoms with Crippen LogP contribution < -0.4 is 5.73 Å². The molecule has 3 rings (SSSR count). The maximum atomic E-state index is 13.7. The fraction of sp³-hybridized carbons (Fsp3) is 0.438. The van der Waals surface area contributed by atoms with Gasteiger partial charge in [-0.15, -0.1) is 11.3 Å². The molecular weight excluding hydrogens is 271 g/mol. The lowest BCUT2D eigenvalue weighted by atomic mass is 9.83. The average Bonchev–Trinajstić information content (AvgIpc) is 2.93. The Bertz CT molecular complexity index is 615. The van der Waals surface area contributed by atoms with Gasteiger partial charge in [0.2, 0.25) is 0 Å². The summed E-state index contributed by atoms with van der Waals surface area (Å²) in [7, 11) is 0. The molecule has 106 valence electrons. The zero-order valence-corrected chi connectivity index (χ0v) is 12.5. The Kier molecular flexibility index (Phi) is 3.61. The van der Waals surface area contributed by atoms with Crippen LogP contribution in [0, 0.1) is 12.7 Å². The third kappa shape index (κ3) is 2.50. The minimum absolute atomic E-state index is 0.183. The van der Waals surface area contributed by atoms with Crippen LogP contribution in [0.4, 0.5) is 4.39 Å². The highest BCUT2D eigenvalue weighted by molar-refractivity contribution is 7.10. The first kappa shape index (κ1) is 13.7. The third-order valence-corrected chi connectivity index (χ3v) is 5.21. The van der Waals surface area contributed by atoms with Crippen LogP contribution >= 0.6 is 11.3 Å². The summed E-state index contributed by atoms with van der Waals surface area (Å²) in [5, 5.41) is 2.98. The van der Waals surface area contributed by atoms with E-state index in [1.54, 1.807) is 30.4 Å². The van der Waals surface area contributed by atoms with Crippen molar-refractivity contribution in [2.45, 2.75) is 44.6 Å². The van der Waals surface area contributed by atoms with Crippen molar-refractivity contribution in [3.8, 4) is 11.3 Å². The van der Waals surface area contributed by atoms with Crippen molar-refractivity contribution < 1.29 is 4.39 Å². The first-order chi connectivity index (χ1) is 9.58. The summed E-state index contributed by atoms with van der Waals surface area (Å²) in [5.74, 6) is -0.183. The van der Waals surface area contributed by atoms with E-state index in [1.165, 1.54) is 19.3 Å². The fourth-order valence-electron chi connectivity index (χ4n) is 2.78. The van der Waals surface area contributed by atoms with Crippen molar-refractivity contribution in [3.63, 3.8) is 0 Å². The van der Waals surface area contributed by atoms with Gasteiger partial charge in [-0.1, -0.05) is 31.4 Å². The molecule has 0 radical (unpaired) electrons. The highest BCUT2D eigenvalue weighted by atomic mass is 32.1. The van der Waals surface area contributed by atoms with Crippen molar-refractivity contribution in [2.75, 3.05) is 0 Å². The number of benzene rings is 1. The molecule has 0 saturated heterocycles. The Labute approximate surface area is 122 Å². The summed E-state index contributed by atoms with van der Waals surface area (Å²) in [6, 6.07) is 5.27. The maximum absolute atomic E-state index is 13.7. The zero-order valence-electron chi connectivity index (χ0n) is 11.7. The predicted molar refractivity (Wildman–Crippen MR) is 81.2 cm³/mol. The van der Waals surface area contributed by atoms with Crippen molar-refractivity contribution in [1.29, 1.82) is 0 Å². The Morgan fingerprint density at radius 1 is 1.25 bits per heavy atom. The lowest BCUT2D eigenvalue weighted by molar-refractivity contribution is 0.301. The quantitative estimate of drug-likeness (QED) is 0.891. The number of aromatic nitrogens is 1. The molecule has 0 unspecified atom stereocenters. The molecule has 1 aromatic carbocycles. The summed E-state index contributed by atoms with van der Waals surface area (Å²) in [4.78, 5) is 4.67. The van der Waals surface area contributed by atoms with Crippen LogP contribution in [0.3, 0.4) is 0 Å². The van der Waals surface area contributed by atoms with E-state index in [-0.39, 0.29) is 11.4 Å². The highest BCUT2D eigenvalue weighted by Crippen LogP contribution is 2.37. The van der Waals surface area contributed by atoms with Crippen LogP contribution in [0.2, 0.25) is 0 Å². The Morgan fingerprint density at radius 2 is 2.00 bits per heavy atom. The van der Waals surface area contributed by atoms with Crippen molar-refractivity contribution in [3.05, 3.63) is 40.0 Å². The number of nitrogens with zero attached hydrogens (tertiary/aromatic N) is 1. The molecule has 2 aromatic rings. The number of nitrogens with two attached hydrogens (primary N) is 1. The van der Waals surface area contributed by atoms with E-state index in [2.05, 4.69) is 4.98 Å². The lowest BCUT2D eigenvalue weighted by Crippen LogP contribution is -2.38. The minimum Gasteiger partial charge on any atom is -0.319 e. The fourth-order valence-corrected chi connectivity index (χ4v) is 3.79. The van der Waals surface area contributed by atoms with Crippen LogP contribution in [-0.2, 0) is 5.54 Å². The molecule has 1 aliphatic rings. The minimum atomic E-state index is -0.273. The first-order valence-corrected chi connectivity index (χ1v) is 7.98. The largest absolute Gasteiger partial charge is 0.319 e. The summed E-state index contributed by atoms with van der Waals surface area (Å²) in [5.41, 5.74) is 8.55. The van der Waals surface area contributed by atoms with E-state index < -0.39 is 0 Å². The van der Waals surface area contributed by atoms with Gasteiger partial charge >= 0.3 is 0 Å². The van der Waals surface area contributed by atoms with Crippen molar-refractivity contribution in [1.82, 2.24) is 4.98 Å². The monoisotopic (exact) mass is 290 g/mol. The van der Waals surface area contributed by atoms with Crippen LogP contribution in [0.1, 0.15) is 42.7 Å². The molecule has 0 bridgehead atoms. The lowest BCUT2D eigenvalue weighted by Gasteiger charge is -2.31. The molecule has 1 fully saturated rings. The molecule has 20 heavy (non-hydrogen) atoms. The number of halogens is 1. The first-order valence-electron chi connectivity index (χ1n) is 7.10. The summed E-state index contributed by atoms with van der Waals surface area (Å²) < 4.78 is 13.7. The molecule has 4 heteroatoms. The van der Waals surface area contributed by atoms with Gasteiger partial charge in [-0.05, 0) is 31.4 Å². The smallest absolute Gasteiger partial charge is 0.126 e. The van der Waals surface area contributed by atoms with E-state index in [0.717, 1.165) is 29.1 Å². The predicted octanol–water partition coefficient (Wildman–Crippen LogP) is 4.38. The van der Waals surface area contributed by atoms with Crippen LogP contribution in [-0.4, -0.2) is 4.98 Å². The molecule has 1 heterocycles. The summed E-state index contributed by atoms with van der Waals surface area (Å²) in [6.07, 6.45) is 5.61. The Morgan fingerprint density at radius 3 is 2.70 bits per heavy atom. The number of aryl methyl sites for hydroxylation is 1. The average molecular weight is 290 g/mol. The second-order valence-electron chi connectivity index (χ2n) is 5.72. The van der Waals surface area contributed by atoms with Crippen molar-refractivity contribution >= 4 is 11.3 Å². The number of hydrogen-bond acceptors (Lipinski definition) is 3. The van der Waals surface area contributed by atoms with E-state index in [0.29, 0.717) is 5.56 Å². The van der Waals surface area contributed by atoms with E-state index in [1.807, 2.05) is 11.4 Å². The Hall–Kier alpha value is -1.26. The van der Waals surface area contributed by atoms with Gasteiger partial charge in [0.1, 0.15) is 10.8 Å².